The SMILES string of the molecule is Cl.O=C(N1CCC(NCC2CC2)CC1)C1(c2cccc(F)c2)CCOCC1. The third kappa shape index (κ3) is 4.64. The summed E-state index contributed by atoms with van der Waals surface area (Å²) in [7, 11) is 0. The van der Waals surface area contributed by atoms with Gasteiger partial charge in [0.25, 0.3) is 0 Å². The third-order valence-electron chi connectivity index (χ3n) is 6.31. The van der Waals surface area contributed by atoms with Crippen LogP contribution in [0, 0.1) is 11.7 Å². The maximum Gasteiger partial charge on any atom is 0.233 e. The first-order valence-corrected chi connectivity index (χ1v) is 10.0. The number of likely N-dealkylation sites (tertiary alicyclic amines) is 1. The van der Waals surface area contributed by atoms with Crippen molar-refractivity contribution in [2.45, 2.75) is 50.0 Å². The maximum atomic E-state index is 13.8. The van der Waals surface area contributed by atoms with E-state index in [0.717, 1.165) is 44.0 Å². The molecule has 2 heterocycles. The molecule has 150 valence electrons. The van der Waals surface area contributed by atoms with Crippen molar-refractivity contribution in [1.82, 2.24) is 10.2 Å². The van der Waals surface area contributed by atoms with Crippen LogP contribution in [0.1, 0.15) is 44.1 Å². The number of piperidine rings is 1. The lowest BCUT2D eigenvalue weighted by molar-refractivity contribution is -0.142. The van der Waals surface area contributed by atoms with Crippen molar-refractivity contribution in [2.24, 2.45) is 5.92 Å². The normalized spacial score (nSPS) is 22.9. The predicted molar refractivity (Wildman–Crippen MR) is 106 cm³/mol. The highest BCUT2D eigenvalue weighted by Gasteiger charge is 2.44. The molecule has 0 spiro atoms. The Hall–Kier alpha value is -1.17. The number of rotatable bonds is 5. The van der Waals surface area contributed by atoms with E-state index in [1.807, 2.05) is 11.0 Å². The molecule has 4 nitrogen and oxygen atoms in total. The van der Waals surface area contributed by atoms with Crippen molar-refractivity contribution in [3.05, 3.63) is 35.6 Å². The van der Waals surface area contributed by atoms with Crippen LogP contribution in [-0.2, 0) is 14.9 Å². The molecule has 1 aromatic carbocycles. The molecular formula is C21H30ClFN2O2. The molecule has 0 bridgehead atoms. The van der Waals surface area contributed by atoms with Gasteiger partial charge in [-0.1, -0.05) is 12.1 Å². The van der Waals surface area contributed by atoms with Crippen LogP contribution in [0.25, 0.3) is 0 Å². The number of amides is 1. The molecule has 2 aliphatic heterocycles. The van der Waals surface area contributed by atoms with Gasteiger partial charge in [0.1, 0.15) is 5.82 Å². The lowest BCUT2D eigenvalue weighted by atomic mass is 9.72. The minimum atomic E-state index is -0.630. The summed E-state index contributed by atoms with van der Waals surface area (Å²) in [4.78, 5) is 15.5. The molecule has 1 saturated carbocycles. The first kappa shape index (κ1) is 20.6. The van der Waals surface area contributed by atoms with E-state index in [-0.39, 0.29) is 24.1 Å². The average molecular weight is 397 g/mol. The van der Waals surface area contributed by atoms with E-state index in [9.17, 15) is 9.18 Å². The second kappa shape index (κ2) is 8.89. The van der Waals surface area contributed by atoms with Crippen LogP contribution >= 0.6 is 12.4 Å². The van der Waals surface area contributed by atoms with Gasteiger partial charge in [0.15, 0.2) is 0 Å². The molecular weight excluding hydrogens is 367 g/mol. The summed E-state index contributed by atoms with van der Waals surface area (Å²) in [6.07, 6.45) is 6.01. The largest absolute Gasteiger partial charge is 0.381 e. The Bertz CT molecular complexity index is 639. The van der Waals surface area contributed by atoms with Crippen LogP contribution < -0.4 is 5.32 Å². The molecule has 3 fully saturated rings. The number of benzene rings is 1. The highest BCUT2D eigenvalue weighted by atomic mass is 35.5. The van der Waals surface area contributed by atoms with Crippen molar-refractivity contribution >= 4 is 18.3 Å². The Morgan fingerprint density at radius 2 is 1.89 bits per heavy atom. The monoisotopic (exact) mass is 396 g/mol. The first-order valence-electron chi connectivity index (χ1n) is 10.0. The Labute approximate surface area is 167 Å². The van der Waals surface area contributed by atoms with E-state index in [1.54, 1.807) is 6.07 Å². The van der Waals surface area contributed by atoms with Gasteiger partial charge in [0.2, 0.25) is 5.91 Å². The number of hydrogen-bond acceptors (Lipinski definition) is 3. The van der Waals surface area contributed by atoms with Gasteiger partial charge in [-0.25, -0.2) is 4.39 Å². The Balaban J connectivity index is 0.00000210. The first-order chi connectivity index (χ1) is 12.7. The molecule has 0 radical (unpaired) electrons. The standard InChI is InChI=1S/C21H29FN2O2.ClH/c22-18-3-1-2-17(14-18)21(8-12-26-13-9-21)20(25)24-10-6-19(7-11-24)23-15-16-4-5-16;/h1-3,14,16,19,23H,4-13,15H2;1H. The van der Waals surface area contributed by atoms with Gasteiger partial charge in [-0.3, -0.25) is 4.79 Å². The van der Waals surface area contributed by atoms with Crippen LogP contribution in [0.3, 0.4) is 0 Å². The average Bonchev–Trinajstić information content (AvgIpc) is 3.51. The van der Waals surface area contributed by atoms with E-state index in [1.165, 1.54) is 25.0 Å². The van der Waals surface area contributed by atoms with Gasteiger partial charge >= 0.3 is 0 Å². The second-order valence-electron chi connectivity index (χ2n) is 8.12. The highest BCUT2D eigenvalue weighted by Crippen LogP contribution is 2.38. The number of ether oxygens (including phenoxy) is 1. The Kier molecular flexibility index (Phi) is 6.77. The molecule has 3 aliphatic rings. The minimum Gasteiger partial charge on any atom is -0.381 e. The Morgan fingerprint density at radius 3 is 2.52 bits per heavy atom. The minimum absolute atomic E-state index is 0. The Morgan fingerprint density at radius 1 is 1.19 bits per heavy atom. The maximum absolute atomic E-state index is 13.8. The van der Waals surface area contributed by atoms with Crippen molar-refractivity contribution in [3.63, 3.8) is 0 Å². The summed E-state index contributed by atoms with van der Waals surface area (Å²) >= 11 is 0. The fraction of sp³-hybridized carbons (Fsp3) is 0.667. The van der Waals surface area contributed by atoms with E-state index in [0.29, 0.717) is 32.1 Å². The van der Waals surface area contributed by atoms with Crippen LogP contribution in [0.4, 0.5) is 4.39 Å². The van der Waals surface area contributed by atoms with Gasteiger partial charge in [-0.2, -0.15) is 0 Å². The molecule has 1 aliphatic carbocycles. The second-order valence-corrected chi connectivity index (χ2v) is 8.12. The van der Waals surface area contributed by atoms with Crippen molar-refractivity contribution in [1.29, 1.82) is 0 Å². The molecule has 2 saturated heterocycles. The zero-order chi connectivity index (χ0) is 18.0. The predicted octanol–water partition coefficient (Wildman–Crippen LogP) is 3.29. The molecule has 1 aromatic rings. The van der Waals surface area contributed by atoms with Crippen LogP contribution in [0.2, 0.25) is 0 Å². The summed E-state index contributed by atoms with van der Waals surface area (Å²) in [5.41, 5.74) is 0.175. The summed E-state index contributed by atoms with van der Waals surface area (Å²) in [5, 5.41) is 3.66. The summed E-state index contributed by atoms with van der Waals surface area (Å²) in [6.45, 7) is 3.82. The highest BCUT2D eigenvalue weighted by molar-refractivity contribution is 5.88. The van der Waals surface area contributed by atoms with Gasteiger partial charge in [-0.15, -0.1) is 12.4 Å². The summed E-state index contributed by atoms with van der Waals surface area (Å²) < 4.78 is 19.4. The zero-order valence-electron chi connectivity index (χ0n) is 15.8. The zero-order valence-corrected chi connectivity index (χ0v) is 16.6. The van der Waals surface area contributed by atoms with Crippen molar-refractivity contribution in [2.75, 3.05) is 32.8 Å². The lowest BCUT2D eigenvalue weighted by Gasteiger charge is -2.42. The molecule has 1 amide bonds. The molecule has 27 heavy (non-hydrogen) atoms. The summed E-state index contributed by atoms with van der Waals surface area (Å²) in [6, 6.07) is 7.12. The molecule has 0 unspecified atom stereocenters. The molecule has 0 atom stereocenters. The summed E-state index contributed by atoms with van der Waals surface area (Å²) in [5.74, 6) is 0.768. The fourth-order valence-electron chi connectivity index (χ4n) is 4.38. The molecule has 4 rings (SSSR count). The van der Waals surface area contributed by atoms with Crippen molar-refractivity contribution in [3.8, 4) is 0 Å². The molecule has 1 N–H and O–H groups in total. The number of hydrogen-bond donors (Lipinski definition) is 1. The smallest absolute Gasteiger partial charge is 0.233 e. The number of nitrogens with one attached hydrogen (secondary N) is 1. The van der Waals surface area contributed by atoms with E-state index < -0.39 is 5.41 Å². The van der Waals surface area contributed by atoms with E-state index in [4.69, 9.17) is 4.74 Å². The number of nitrogens with zero attached hydrogens (tertiary/aromatic N) is 1. The van der Waals surface area contributed by atoms with E-state index in [2.05, 4.69) is 5.32 Å². The van der Waals surface area contributed by atoms with Crippen LogP contribution in [0.15, 0.2) is 24.3 Å². The molecule has 6 heteroatoms. The van der Waals surface area contributed by atoms with Gasteiger partial charge in [0.05, 0.1) is 5.41 Å². The number of halogens is 2. The fourth-order valence-corrected chi connectivity index (χ4v) is 4.38. The van der Waals surface area contributed by atoms with Gasteiger partial charge in [-0.05, 0) is 68.7 Å². The van der Waals surface area contributed by atoms with Gasteiger partial charge < -0.3 is 15.0 Å². The number of carbonyl (C=O) groups excluding carboxylic acids is 1. The van der Waals surface area contributed by atoms with Crippen molar-refractivity contribution < 1.29 is 13.9 Å². The topological polar surface area (TPSA) is 41.6 Å². The molecule has 0 aromatic heterocycles. The van der Waals surface area contributed by atoms with Gasteiger partial charge in [0, 0.05) is 32.3 Å². The van der Waals surface area contributed by atoms with Crippen LogP contribution in [-0.4, -0.2) is 49.7 Å². The number of carbonyl (C=O) groups is 1. The quantitative estimate of drug-likeness (QED) is 0.830. The lowest BCUT2D eigenvalue weighted by Crippen LogP contribution is -2.53. The third-order valence-corrected chi connectivity index (χ3v) is 6.31. The van der Waals surface area contributed by atoms with E-state index >= 15 is 0 Å². The van der Waals surface area contributed by atoms with Crippen LogP contribution in [0.5, 0.6) is 0 Å².